The summed E-state index contributed by atoms with van der Waals surface area (Å²) in [6.45, 7) is 8.76. The molecular weight excluding hydrogens is 828 g/mol. The smallest absolute Gasteiger partial charge is 0.424 e. The maximum Gasteiger partial charge on any atom is 0.424 e. The molecule has 3 aromatic carbocycles. The van der Waals surface area contributed by atoms with Crippen molar-refractivity contribution in [3.8, 4) is 0 Å². The van der Waals surface area contributed by atoms with Crippen LogP contribution in [0.15, 0.2) is 53.0 Å². The highest BCUT2D eigenvalue weighted by Crippen LogP contribution is 2.65. The Morgan fingerprint density at radius 2 is 1.42 bits per heavy atom. The number of hydrogen-bond donors (Lipinski definition) is 2. The number of halogens is 9. The van der Waals surface area contributed by atoms with E-state index in [0.717, 1.165) is 24.3 Å². The van der Waals surface area contributed by atoms with Gasteiger partial charge in [-0.3, -0.25) is 9.59 Å². The van der Waals surface area contributed by atoms with Crippen molar-refractivity contribution in [2.75, 3.05) is 15.5 Å². The van der Waals surface area contributed by atoms with Gasteiger partial charge in [0.25, 0.3) is 5.91 Å². The Kier molecular flexibility index (Phi) is 11.6. The van der Waals surface area contributed by atoms with Crippen LogP contribution in [-0.2, 0) is 20.4 Å². The van der Waals surface area contributed by atoms with Crippen molar-refractivity contribution < 1.29 is 50.6 Å². The number of nitrogens with zero attached hydrogens (tertiary/aromatic N) is 1. The van der Waals surface area contributed by atoms with Crippen molar-refractivity contribution in [2.24, 2.45) is 5.92 Å². The molecule has 1 fully saturated rings. The fourth-order valence-electron chi connectivity index (χ4n) is 4.92. The average Bonchev–Trinajstić information content (AvgIpc) is 3.56. The molecule has 2 N–H and O–H groups in total. The highest BCUT2D eigenvalue weighted by molar-refractivity contribution is 9.10. The third-order valence-electron chi connectivity index (χ3n) is 7.11. The molecule has 0 aliphatic heterocycles. The van der Waals surface area contributed by atoms with Crippen LogP contribution >= 0.6 is 50.7 Å². The number of rotatable bonds is 6. The van der Waals surface area contributed by atoms with E-state index in [0.29, 0.717) is 6.07 Å². The summed E-state index contributed by atoms with van der Waals surface area (Å²) in [5.74, 6) is -7.02. The molecule has 52 heavy (non-hydrogen) atoms. The summed E-state index contributed by atoms with van der Waals surface area (Å²) in [6.07, 6.45) is -7.61. The molecular formula is C34H30BrCl3F5N3O6. The van der Waals surface area contributed by atoms with Crippen LogP contribution in [0.3, 0.4) is 0 Å². The van der Waals surface area contributed by atoms with E-state index >= 15 is 8.78 Å². The number of nitrogens with one attached hydrogen (secondary N) is 2. The number of anilines is 3. The normalized spacial score (nSPS) is 16.8. The number of carbonyl (C=O) groups is 4. The Hall–Kier alpha value is -3.66. The minimum Gasteiger partial charge on any atom is -0.443 e. The lowest BCUT2D eigenvalue weighted by Crippen LogP contribution is -2.44. The number of carbonyl (C=O) groups excluding carboxylic acids is 4. The molecule has 280 valence electrons. The van der Waals surface area contributed by atoms with Crippen LogP contribution < -0.4 is 15.5 Å². The van der Waals surface area contributed by atoms with Gasteiger partial charge in [-0.05, 0) is 95.6 Å². The van der Waals surface area contributed by atoms with E-state index in [2.05, 4.69) is 26.6 Å². The second-order valence-corrected chi connectivity index (χ2v) is 16.4. The quantitative estimate of drug-likeness (QED) is 0.189. The van der Waals surface area contributed by atoms with E-state index < -0.39 is 86.1 Å². The van der Waals surface area contributed by atoms with Gasteiger partial charge in [0.05, 0.1) is 27.8 Å². The van der Waals surface area contributed by atoms with E-state index in [4.69, 9.17) is 44.3 Å². The second-order valence-electron chi connectivity index (χ2n) is 13.6. The molecule has 0 bridgehead atoms. The fraction of sp³-hybridized carbons (Fsp3) is 0.353. The lowest BCUT2D eigenvalue weighted by atomic mass is 10.0. The lowest BCUT2D eigenvalue weighted by Gasteiger charge is -2.29. The third-order valence-corrected chi connectivity index (χ3v) is 8.84. The van der Waals surface area contributed by atoms with Crippen LogP contribution in [0.25, 0.3) is 0 Å². The summed E-state index contributed by atoms with van der Waals surface area (Å²) in [6, 6.07) is 8.20. The van der Waals surface area contributed by atoms with Gasteiger partial charge in [-0.1, -0.05) is 27.5 Å². The lowest BCUT2D eigenvalue weighted by molar-refractivity contribution is -0.137. The van der Waals surface area contributed by atoms with Crippen molar-refractivity contribution >= 4 is 91.8 Å². The van der Waals surface area contributed by atoms with Crippen molar-refractivity contribution in [1.82, 2.24) is 0 Å². The van der Waals surface area contributed by atoms with Gasteiger partial charge >= 0.3 is 18.4 Å². The summed E-state index contributed by atoms with van der Waals surface area (Å²) in [4.78, 5) is 52.7. The highest BCUT2D eigenvalue weighted by Gasteiger charge is 2.67. The zero-order chi connectivity index (χ0) is 39.3. The van der Waals surface area contributed by atoms with Gasteiger partial charge in [0.15, 0.2) is 11.6 Å². The predicted octanol–water partition coefficient (Wildman–Crippen LogP) is 10.9. The Morgan fingerprint density at radius 1 is 0.846 bits per heavy atom. The van der Waals surface area contributed by atoms with E-state index in [1.165, 1.54) is 59.7 Å². The molecule has 9 nitrogen and oxygen atoms in total. The molecule has 0 unspecified atom stereocenters. The molecule has 0 saturated heterocycles. The van der Waals surface area contributed by atoms with Crippen molar-refractivity contribution in [2.45, 2.75) is 69.2 Å². The van der Waals surface area contributed by atoms with Crippen molar-refractivity contribution in [3.05, 3.63) is 86.4 Å². The number of ether oxygens (including phenoxy) is 2. The molecule has 1 aliphatic rings. The van der Waals surface area contributed by atoms with Gasteiger partial charge in [-0.25, -0.2) is 18.4 Å². The molecule has 2 atom stereocenters. The van der Waals surface area contributed by atoms with Crippen molar-refractivity contribution in [1.29, 1.82) is 0 Å². The number of imide groups is 1. The molecule has 0 heterocycles. The van der Waals surface area contributed by atoms with E-state index in [1.807, 2.05) is 0 Å². The highest BCUT2D eigenvalue weighted by atomic mass is 79.9. The average molecular weight is 858 g/mol. The third kappa shape index (κ3) is 9.46. The first-order chi connectivity index (χ1) is 23.7. The first-order valence-corrected chi connectivity index (χ1v) is 17.1. The summed E-state index contributed by atoms with van der Waals surface area (Å²) in [5, 5.41) is 4.52. The number of benzene rings is 3. The van der Waals surface area contributed by atoms with Crippen LogP contribution in [0.5, 0.6) is 0 Å². The Balaban J connectivity index is 1.60. The maximum atomic E-state index is 16.0. The molecule has 0 radical (unpaired) electrons. The number of hydrogen-bond acceptors (Lipinski definition) is 6. The molecule has 0 spiro atoms. The molecule has 1 aliphatic carbocycles. The van der Waals surface area contributed by atoms with Gasteiger partial charge in [0.1, 0.15) is 21.2 Å². The monoisotopic (exact) mass is 855 g/mol. The number of alkyl halides is 5. The van der Waals surface area contributed by atoms with Gasteiger partial charge in [-0.15, -0.1) is 23.2 Å². The Bertz CT molecular complexity index is 1920. The summed E-state index contributed by atoms with van der Waals surface area (Å²) in [7, 11) is 0. The summed E-state index contributed by atoms with van der Waals surface area (Å²) in [5.41, 5.74) is -5.56. The fourth-order valence-corrected chi connectivity index (χ4v) is 6.47. The van der Waals surface area contributed by atoms with E-state index in [1.54, 1.807) is 0 Å². The molecule has 1 saturated carbocycles. The Labute approximate surface area is 318 Å². The summed E-state index contributed by atoms with van der Waals surface area (Å²) < 4.78 is 80.1. The van der Waals surface area contributed by atoms with Crippen LogP contribution in [-0.4, -0.2) is 39.5 Å². The zero-order valence-corrected chi connectivity index (χ0v) is 31.9. The molecule has 0 aromatic heterocycles. The summed E-state index contributed by atoms with van der Waals surface area (Å²) >= 11 is 22.0. The minimum atomic E-state index is -4.68. The first-order valence-electron chi connectivity index (χ1n) is 15.1. The molecule has 4 amide bonds. The first kappa shape index (κ1) is 41.1. The van der Waals surface area contributed by atoms with Crippen LogP contribution in [0, 0.1) is 17.6 Å². The van der Waals surface area contributed by atoms with Gasteiger partial charge in [0.2, 0.25) is 5.91 Å². The van der Waals surface area contributed by atoms with Gasteiger partial charge < -0.3 is 20.1 Å². The molecule has 4 rings (SSSR count). The van der Waals surface area contributed by atoms with Crippen molar-refractivity contribution in [3.63, 3.8) is 0 Å². The SMILES string of the molecule is CC(C)(C)OC(=O)N(C(=O)OC(C)(C)C)c1c(F)ccc(NC(=O)c2cc(NC(=O)[C@H]3[C@H](c4cc(Br)cc(C(F)(F)F)c4)C3(Cl)Cl)ccc2Cl)c1F. The van der Waals surface area contributed by atoms with E-state index in [-0.39, 0.29) is 31.2 Å². The number of amides is 4. The van der Waals surface area contributed by atoms with E-state index in [9.17, 15) is 32.3 Å². The molecule has 3 aromatic rings. The standard InChI is InChI=1S/C34H30BrCl3F5N3O6/c1-31(2,3)51-29(49)46(30(50)52-32(4,5)6)26-21(39)9-10-22(25(26)40)45-27(47)19-14-18(7-8-20(19)36)44-28(48)24-23(33(24,37)38)15-11-16(34(41,42)43)13-17(35)12-15/h7-14,23-24H,1-6H3,(H,44,48)(H,45,47)/t23-,24+/m0/s1. The van der Waals surface area contributed by atoms with Gasteiger partial charge in [0, 0.05) is 16.1 Å². The topological polar surface area (TPSA) is 114 Å². The van der Waals surface area contributed by atoms with Crippen LogP contribution in [0.2, 0.25) is 5.02 Å². The van der Waals surface area contributed by atoms with Gasteiger partial charge in [-0.2, -0.15) is 18.1 Å². The maximum absolute atomic E-state index is 16.0. The predicted molar refractivity (Wildman–Crippen MR) is 189 cm³/mol. The van der Waals surface area contributed by atoms with Crippen LogP contribution in [0.1, 0.15) is 68.9 Å². The zero-order valence-electron chi connectivity index (χ0n) is 28.1. The molecule has 18 heteroatoms. The second kappa shape index (κ2) is 14.6. The van der Waals surface area contributed by atoms with Crippen LogP contribution in [0.4, 0.5) is 48.6 Å². The Morgan fingerprint density at radius 3 is 1.96 bits per heavy atom. The minimum absolute atomic E-state index is 0.0247. The largest absolute Gasteiger partial charge is 0.443 e.